The summed E-state index contributed by atoms with van der Waals surface area (Å²) in [5.74, 6) is 0.258. The number of hydrogen-bond acceptors (Lipinski definition) is 2. The van der Waals surface area contributed by atoms with Gasteiger partial charge in [0.25, 0.3) is 0 Å². The molecule has 0 rings (SSSR count). The van der Waals surface area contributed by atoms with E-state index < -0.39 is 0 Å². The van der Waals surface area contributed by atoms with Gasteiger partial charge >= 0.3 is 0 Å². The highest BCUT2D eigenvalue weighted by atomic mass is 16.2. The topological polar surface area (TPSA) is 46.3 Å². The molecule has 0 fully saturated rings. The Morgan fingerprint density at radius 3 is 2.25 bits per heavy atom. The Hall–Kier alpha value is -0.570. The van der Waals surface area contributed by atoms with Crippen LogP contribution in [0.1, 0.15) is 33.1 Å². The Morgan fingerprint density at radius 1 is 1.25 bits per heavy atom. The second-order valence-corrected chi connectivity index (χ2v) is 2.81. The van der Waals surface area contributed by atoms with Gasteiger partial charge in [0.05, 0.1) is 0 Å². The third-order valence-corrected chi connectivity index (χ3v) is 1.96. The molecule has 0 aliphatic rings. The molecule has 0 heterocycles. The van der Waals surface area contributed by atoms with Crippen molar-refractivity contribution < 1.29 is 4.79 Å². The average Bonchev–Trinajstić information content (AvgIpc) is 2.07. The van der Waals surface area contributed by atoms with Crippen LogP contribution >= 0.6 is 0 Å². The second-order valence-electron chi connectivity index (χ2n) is 2.81. The monoisotopic (exact) mass is 172 g/mol. The number of hydrogen-bond donors (Lipinski definition) is 1. The molecule has 0 aromatic heterocycles. The zero-order valence-corrected chi connectivity index (χ0v) is 8.18. The fourth-order valence-electron chi connectivity index (χ4n) is 1.15. The van der Waals surface area contributed by atoms with E-state index in [0.717, 1.165) is 25.9 Å². The highest BCUT2D eigenvalue weighted by Gasteiger charge is 2.07. The molecule has 0 saturated carbocycles. The molecular formula is C9H20N2O. The minimum atomic E-state index is 0.258. The van der Waals surface area contributed by atoms with Crippen LogP contribution in [0.2, 0.25) is 0 Å². The van der Waals surface area contributed by atoms with Crippen molar-refractivity contribution in [1.29, 1.82) is 0 Å². The first kappa shape index (κ1) is 11.4. The van der Waals surface area contributed by atoms with E-state index in [0.29, 0.717) is 13.0 Å². The summed E-state index contributed by atoms with van der Waals surface area (Å²) in [5, 5.41) is 0. The van der Waals surface area contributed by atoms with E-state index in [9.17, 15) is 4.79 Å². The van der Waals surface area contributed by atoms with Gasteiger partial charge < -0.3 is 10.6 Å². The summed E-state index contributed by atoms with van der Waals surface area (Å²) in [4.78, 5) is 13.2. The Labute approximate surface area is 74.9 Å². The minimum Gasteiger partial charge on any atom is -0.343 e. The van der Waals surface area contributed by atoms with E-state index >= 15 is 0 Å². The summed E-state index contributed by atoms with van der Waals surface area (Å²) >= 11 is 0. The highest BCUT2D eigenvalue weighted by molar-refractivity contribution is 5.75. The van der Waals surface area contributed by atoms with Crippen molar-refractivity contribution in [1.82, 2.24) is 4.90 Å². The van der Waals surface area contributed by atoms with Crippen LogP contribution in [0.5, 0.6) is 0 Å². The molecule has 0 aliphatic carbocycles. The summed E-state index contributed by atoms with van der Waals surface area (Å²) in [7, 11) is 0. The number of amides is 1. The summed E-state index contributed by atoms with van der Waals surface area (Å²) in [6.45, 7) is 6.33. The second kappa shape index (κ2) is 7.10. The first-order valence-electron chi connectivity index (χ1n) is 4.74. The quantitative estimate of drug-likeness (QED) is 0.607. The summed E-state index contributed by atoms with van der Waals surface area (Å²) < 4.78 is 0. The molecule has 0 unspecified atom stereocenters. The van der Waals surface area contributed by atoms with Gasteiger partial charge in [0, 0.05) is 19.5 Å². The molecule has 0 bridgehead atoms. The van der Waals surface area contributed by atoms with Gasteiger partial charge in [0.1, 0.15) is 0 Å². The molecule has 12 heavy (non-hydrogen) atoms. The Morgan fingerprint density at radius 2 is 1.83 bits per heavy atom. The van der Waals surface area contributed by atoms with E-state index in [-0.39, 0.29) is 5.91 Å². The number of nitrogens with two attached hydrogens (primary N) is 1. The molecule has 0 spiro atoms. The molecular weight excluding hydrogens is 152 g/mol. The van der Waals surface area contributed by atoms with Crippen LogP contribution in [0.4, 0.5) is 0 Å². The van der Waals surface area contributed by atoms with E-state index in [4.69, 9.17) is 5.73 Å². The van der Waals surface area contributed by atoms with E-state index in [2.05, 4.69) is 0 Å². The van der Waals surface area contributed by atoms with Crippen molar-refractivity contribution in [3.8, 4) is 0 Å². The summed E-state index contributed by atoms with van der Waals surface area (Å²) in [6, 6.07) is 0. The van der Waals surface area contributed by atoms with Gasteiger partial charge in [-0.3, -0.25) is 4.79 Å². The molecule has 0 atom stereocenters. The molecule has 0 saturated heterocycles. The van der Waals surface area contributed by atoms with Gasteiger partial charge in [0.2, 0.25) is 5.91 Å². The third kappa shape index (κ3) is 4.34. The lowest BCUT2D eigenvalue weighted by Crippen LogP contribution is -2.30. The van der Waals surface area contributed by atoms with Gasteiger partial charge in [-0.1, -0.05) is 0 Å². The van der Waals surface area contributed by atoms with Crippen LogP contribution in [0.3, 0.4) is 0 Å². The maximum absolute atomic E-state index is 11.4. The van der Waals surface area contributed by atoms with Crippen LogP contribution in [-0.4, -0.2) is 30.4 Å². The predicted molar refractivity (Wildman–Crippen MR) is 50.8 cm³/mol. The normalized spacial score (nSPS) is 9.92. The molecule has 1 amide bonds. The molecule has 0 aromatic carbocycles. The fraction of sp³-hybridized carbons (Fsp3) is 0.889. The number of unbranched alkanes of at least 4 members (excludes halogenated alkanes) is 1. The van der Waals surface area contributed by atoms with Crippen LogP contribution in [0, 0.1) is 0 Å². The summed E-state index contributed by atoms with van der Waals surface area (Å²) in [6.07, 6.45) is 2.53. The highest BCUT2D eigenvalue weighted by Crippen LogP contribution is 1.99. The van der Waals surface area contributed by atoms with Crippen molar-refractivity contribution in [3.05, 3.63) is 0 Å². The largest absolute Gasteiger partial charge is 0.343 e. The van der Waals surface area contributed by atoms with Crippen molar-refractivity contribution in [2.45, 2.75) is 33.1 Å². The number of rotatable bonds is 6. The van der Waals surface area contributed by atoms with Crippen molar-refractivity contribution in [3.63, 3.8) is 0 Å². The average molecular weight is 172 g/mol. The lowest BCUT2D eigenvalue weighted by molar-refractivity contribution is -0.130. The minimum absolute atomic E-state index is 0.258. The standard InChI is InChI=1S/C9H20N2O/c1-3-11(4-2)9(12)7-5-6-8-10/h3-8,10H2,1-2H3. The van der Waals surface area contributed by atoms with Crippen molar-refractivity contribution >= 4 is 5.91 Å². The van der Waals surface area contributed by atoms with Crippen LogP contribution in [0.15, 0.2) is 0 Å². The van der Waals surface area contributed by atoms with Gasteiger partial charge in [-0.25, -0.2) is 0 Å². The van der Waals surface area contributed by atoms with Crippen LogP contribution < -0.4 is 5.73 Å². The lowest BCUT2D eigenvalue weighted by Gasteiger charge is -2.18. The molecule has 3 heteroatoms. The van der Waals surface area contributed by atoms with E-state index in [1.54, 1.807) is 0 Å². The number of carbonyl (C=O) groups excluding carboxylic acids is 1. The smallest absolute Gasteiger partial charge is 0.222 e. The predicted octanol–water partition coefficient (Wildman–Crippen LogP) is 0.984. The first-order valence-corrected chi connectivity index (χ1v) is 4.74. The zero-order chi connectivity index (χ0) is 9.40. The van der Waals surface area contributed by atoms with Gasteiger partial charge in [0.15, 0.2) is 0 Å². The number of nitrogens with zero attached hydrogens (tertiary/aromatic N) is 1. The zero-order valence-electron chi connectivity index (χ0n) is 8.18. The molecule has 0 aliphatic heterocycles. The summed E-state index contributed by atoms with van der Waals surface area (Å²) in [5.41, 5.74) is 5.33. The Bertz CT molecular complexity index is 122. The fourth-order valence-corrected chi connectivity index (χ4v) is 1.15. The van der Waals surface area contributed by atoms with Crippen molar-refractivity contribution in [2.75, 3.05) is 19.6 Å². The molecule has 0 radical (unpaired) electrons. The SMILES string of the molecule is CCN(CC)C(=O)CCCCN. The lowest BCUT2D eigenvalue weighted by atomic mass is 10.2. The van der Waals surface area contributed by atoms with Gasteiger partial charge in [-0.2, -0.15) is 0 Å². The Balaban J connectivity index is 3.54. The molecule has 2 N–H and O–H groups in total. The van der Waals surface area contributed by atoms with Gasteiger partial charge in [-0.15, -0.1) is 0 Å². The van der Waals surface area contributed by atoms with Crippen LogP contribution in [0.25, 0.3) is 0 Å². The van der Waals surface area contributed by atoms with Crippen LogP contribution in [-0.2, 0) is 4.79 Å². The maximum atomic E-state index is 11.4. The van der Waals surface area contributed by atoms with Gasteiger partial charge in [-0.05, 0) is 33.2 Å². The van der Waals surface area contributed by atoms with E-state index in [1.165, 1.54) is 0 Å². The number of carbonyl (C=O) groups is 1. The van der Waals surface area contributed by atoms with Crippen molar-refractivity contribution in [2.24, 2.45) is 5.73 Å². The molecule has 72 valence electrons. The Kier molecular flexibility index (Phi) is 6.76. The van der Waals surface area contributed by atoms with E-state index in [1.807, 2.05) is 18.7 Å². The molecule has 3 nitrogen and oxygen atoms in total. The maximum Gasteiger partial charge on any atom is 0.222 e. The third-order valence-electron chi connectivity index (χ3n) is 1.96. The molecule has 0 aromatic rings. The first-order chi connectivity index (χ1) is 5.76.